The Kier molecular flexibility index (Phi) is 4.06. The molecule has 6 heteroatoms. The van der Waals surface area contributed by atoms with Gasteiger partial charge >= 0.3 is 12.1 Å². The number of nitrogens with one attached hydrogen (secondary N) is 1. The average Bonchev–Trinajstić information content (AvgIpc) is 2.95. The van der Waals surface area contributed by atoms with Crippen molar-refractivity contribution in [3.63, 3.8) is 0 Å². The lowest BCUT2D eigenvalue weighted by Crippen LogP contribution is -2.49. The highest BCUT2D eigenvalue weighted by Crippen LogP contribution is 2.30. The van der Waals surface area contributed by atoms with Crippen molar-refractivity contribution in [1.29, 1.82) is 0 Å². The molecule has 0 spiro atoms. The molecule has 0 saturated heterocycles. The maximum Gasteiger partial charge on any atom is 0.411 e. The second kappa shape index (κ2) is 6.16. The number of methoxy groups -OCH3 is 1. The number of para-hydroxylation sites is 1. The van der Waals surface area contributed by atoms with E-state index in [4.69, 9.17) is 9.47 Å². The Labute approximate surface area is 133 Å². The van der Waals surface area contributed by atoms with Gasteiger partial charge in [-0.2, -0.15) is 0 Å². The van der Waals surface area contributed by atoms with E-state index in [0.717, 1.165) is 22.2 Å². The first-order valence-corrected chi connectivity index (χ1v) is 7.36. The van der Waals surface area contributed by atoms with Crippen molar-refractivity contribution in [2.45, 2.75) is 19.0 Å². The molecule has 0 saturated carbocycles. The number of hydrogen-bond donors (Lipinski definition) is 1. The Hall–Kier alpha value is -2.76. The first kappa shape index (κ1) is 15.1. The lowest BCUT2D eigenvalue weighted by atomic mass is 9.97. The third-order valence-electron chi connectivity index (χ3n) is 4.04. The van der Waals surface area contributed by atoms with Crippen molar-refractivity contribution in [3.8, 4) is 0 Å². The molecule has 2 aromatic rings. The number of aromatic nitrogens is 1. The Bertz CT molecular complexity index is 765. The van der Waals surface area contributed by atoms with Gasteiger partial charge in [0.05, 0.1) is 13.7 Å². The van der Waals surface area contributed by atoms with Gasteiger partial charge in [-0.3, -0.25) is 4.90 Å². The van der Waals surface area contributed by atoms with Crippen molar-refractivity contribution in [3.05, 3.63) is 48.2 Å². The molecule has 120 valence electrons. The van der Waals surface area contributed by atoms with E-state index in [1.807, 2.05) is 24.3 Å². The molecule has 1 aliphatic heterocycles. The van der Waals surface area contributed by atoms with E-state index in [2.05, 4.69) is 11.6 Å². The van der Waals surface area contributed by atoms with Crippen LogP contribution in [0.2, 0.25) is 0 Å². The summed E-state index contributed by atoms with van der Waals surface area (Å²) in [7, 11) is 1.32. The molecule has 1 aromatic heterocycles. The van der Waals surface area contributed by atoms with E-state index < -0.39 is 18.1 Å². The van der Waals surface area contributed by atoms with Gasteiger partial charge < -0.3 is 14.5 Å². The van der Waals surface area contributed by atoms with Gasteiger partial charge in [-0.1, -0.05) is 30.9 Å². The molecule has 1 aromatic carbocycles. The minimum absolute atomic E-state index is 0.1000. The van der Waals surface area contributed by atoms with Crippen LogP contribution in [0, 0.1) is 0 Å². The smallest absolute Gasteiger partial charge is 0.411 e. The number of carbonyl (C=O) groups is 2. The van der Waals surface area contributed by atoms with Gasteiger partial charge in [0.15, 0.2) is 0 Å². The predicted octanol–water partition coefficient (Wildman–Crippen LogP) is 2.39. The predicted molar refractivity (Wildman–Crippen MR) is 84.9 cm³/mol. The highest BCUT2D eigenvalue weighted by Gasteiger charge is 2.37. The first-order valence-electron chi connectivity index (χ1n) is 7.36. The molecule has 0 bridgehead atoms. The van der Waals surface area contributed by atoms with E-state index in [9.17, 15) is 9.59 Å². The molecule has 23 heavy (non-hydrogen) atoms. The number of esters is 1. The Morgan fingerprint density at radius 1 is 1.43 bits per heavy atom. The van der Waals surface area contributed by atoms with Crippen LogP contribution in [0.25, 0.3) is 10.9 Å². The zero-order valence-electron chi connectivity index (χ0n) is 12.9. The Balaban J connectivity index is 1.98. The monoisotopic (exact) mass is 314 g/mol. The van der Waals surface area contributed by atoms with Gasteiger partial charge in [-0.05, 0) is 11.6 Å². The summed E-state index contributed by atoms with van der Waals surface area (Å²) in [6, 6.07) is 7.18. The van der Waals surface area contributed by atoms with Crippen LogP contribution in [0.15, 0.2) is 36.9 Å². The highest BCUT2D eigenvalue weighted by molar-refractivity contribution is 5.88. The molecular formula is C17H18N2O4. The lowest BCUT2D eigenvalue weighted by molar-refractivity contribution is -0.146. The summed E-state index contributed by atoms with van der Waals surface area (Å²) in [5.41, 5.74) is 2.95. The van der Waals surface area contributed by atoms with Crippen LogP contribution >= 0.6 is 0 Å². The average molecular weight is 314 g/mol. The van der Waals surface area contributed by atoms with Gasteiger partial charge in [-0.15, -0.1) is 0 Å². The summed E-state index contributed by atoms with van der Waals surface area (Å²) in [5, 5.41) is 1.07. The van der Waals surface area contributed by atoms with Gasteiger partial charge in [0.1, 0.15) is 12.6 Å². The summed E-state index contributed by atoms with van der Waals surface area (Å²) < 4.78 is 9.95. The molecule has 2 heterocycles. The molecule has 0 unspecified atom stereocenters. The molecule has 0 fully saturated rings. The summed E-state index contributed by atoms with van der Waals surface area (Å²) in [5.74, 6) is -0.448. The third kappa shape index (κ3) is 2.67. The molecule has 1 atom stereocenters. The van der Waals surface area contributed by atoms with Gasteiger partial charge in [0.2, 0.25) is 0 Å². The number of nitrogens with zero attached hydrogens (tertiary/aromatic N) is 1. The number of hydrogen-bond acceptors (Lipinski definition) is 4. The van der Waals surface area contributed by atoms with Crippen molar-refractivity contribution in [2.24, 2.45) is 0 Å². The number of aromatic amines is 1. The lowest BCUT2D eigenvalue weighted by Gasteiger charge is -2.32. The summed E-state index contributed by atoms with van der Waals surface area (Å²) in [6.45, 7) is 3.90. The van der Waals surface area contributed by atoms with E-state index in [0.29, 0.717) is 6.42 Å². The number of ether oxygens (including phenoxy) is 2. The SMILES string of the molecule is C=CCOC(=O)N1Cc2[nH]c3ccccc3c2C[C@@H]1C(=O)OC. The van der Waals surface area contributed by atoms with Crippen LogP contribution in [0.3, 0.4) is 0 Å². The second-order valence-electron chi connectivity index (χ2n) is 5.36. The number of carbonyl (C=O) groups excluding carboxylic acids is 2. The third-order valence-corrected chi connectivity index (χ3v) is 4.04. The number of rotatable bonds is 3. The van der Waals surface area contributed by atoms with E-state index in [1.165, 1.54) is 18.1 Å². The summed E-state index contributed by atoms with van der Waals surface area (Å²) >= 11 is 0. The number of amides is 1. The van der Waals surface area contributed by atoms with Crippen molar-refractivity contribution in [1.82, 2.24) is 9.88 Å². The molecular weight excluding hydrogens is 296 g/mol. The van der Waals surface area contributed by atoms with Gasteiger partial charge in [0, 0.05) is 23.0 Å². The summed E-state index contributed by atoms with van der Waals surface area (Å²) in [6.07, 6.45) is 1.34. The van der Waals surface area contributed by atoms with Crippen molar-refractivity contribution >= 4 is 23.0 Å². The van der Waals surface area contributed by atoms with Crippen LogP contribution < -0.4 is 0 Å². The molecule has 3 rings (SSSR count). The van der Waals surface area contributed by atoms with Crippen LogP contribution in [0.4, 0.5) is 4.79 Å². The fraction of sp³-hybridized carbons (Fsp3) is 0.294. The maximum absolute atomic E-state index is 12.2. The van der Waals surface area contributed by atoms with Crippen molar-refractivity contribution < 1.29 is 19.1 Å². The fourth-order valence-corrected chi connectivity index (χ4v) is 2.96. The quantitative estimate of drug-likeness (QED) is 0.697. The van der Waals surface area contributed by atoms with Crippen LogP contribution in [-0.2, 0) is 27.2 Å². The van der Waals surface area contributed by atoms with Crippen LogP contribution in [0.5, 0.6) is 0 Å². The first-order chi connectivity index (χ1) is 11.2. The molecule has 1 aliphatic rings. The molecule has 1 amide bonds. The van der Waals surface area contributed by atoms with E-state index >= 15 is 0 Å². The Morgan fingerprint density at radius 3 is 2.96 bits per heavy atom. The van der Waals surface area contributed by atoms with Crippen molar-refractivity contribution in [2.75, 3.05) is 13.7 Å². The van der Waals surface area contributed by atoms with E-state index in [1.54, 1.807) is 0 Å². The standard InChI is InChI=1S/C17H18N2O4/c1-3-8-23-17(21)19-10-14-12(9-15(19)16(20)22-2)11-6-4-5-7-13(11)18-14/h3-7,15,18H,1,8-10H2,2H3/t15-/m1/s1. The maximum atomic E-state index is 12.2. The minimum atomic E-state index is -0.691. The minimum Gasteiger partial charge on any atom is -0.467 e. The van der Waals surface area contributed by atoms with Gasteiger partial charge in [0.25, 0.3) is 0 Å². The molecule has 1 N–H and O–H groups in total. The van der Waals surface area contributed by atoms with Crippen LogP contribution in [-0.4, -0.2) is 41.7 Å². The van der Waals surface area contributed by atoms with E-state index in [-0.39, 0.29) is 13.2 Å². The largest absolute Gasteiger partial charge is 0.467 e. The van der Waals surface area contributed by atoms with Gasteiger partial charge in [-0.25, -0.2) is 9.59 Å². The highest BCUT2D eigenvalue weighted by atomic mass is 16.6. The number of benzene rings is 1. The Morgan fingerprint density at radius 2 is 2.22 bits per heavy atom. The molecule has 6 nitrogen and oxygen atoms in total. The zero-order valence-corrected chi connectivity index (χ0v) is 12.9. The molecule has 0 aliphatic carbocycles. The zero-order chi connectivity index (χ0) is 16.4. The fourth-order valence-electron chi connectivity index (χ4n) is 2.96. The number of fused-ring (bicyclic) bond motifs is 3. The molecule has 0 radical (unpaired) electrons. The normalized spacial score (nSPS) is 16.7. The van der Waals surface area contributed by atoms with Crippen LogP contribution in [0.1, 0.15) is 11.3 Å². The second-order valence-corrected chi connectivity index (χ2v) is 5.36. The number of H-pyrrole nitrogens is 1. The topological polar surface area (TPSA) is 71.6 Å². The summed E-state index contributed by atoms with van der Waals surface area (Å²) in [4.78, 5) is 29.1.